The summed E-state index contributed by atoms with van der Waals surface area (Å²) in [4.78, 5) is 5.81. The van der Waals surface area contributed by atoms with Crippen LogP contribution in [0, 0.1) is 0 Å². The lowest BCUT2D eigenvalue weighted by Gasteiger charge is -2.18. The first-order chi connectivity index (χ1) is 9.33. The molecule has 3 rings (SSSR count). The van der Waals surface area contributed by atoms with Gasteiger partial charge in [-0.1, -0.05) is 54.6 Å². The van der Waals surface area contributed by atoms with E-state index in [1.807, 2.05) is 35.4 Å². The monoisotopic (exact) mass is 254 g/mol. The highest BCUT2D eigenvalue weighted by molar-refractivity contribution is 5.29. The number of hydroxylamine groups is 2. The van der Waals surface area contributed by atoms with Crippen LogP contribution in [0.5, 0.6) is 0 Å². The molecule has 3 heteroatoms. The van der Waals surface area contributed by atoms with Crippen molar-refractivity contribution >= 4 is 0 Å². The Bertz CT molecular complexity index is 516. The highest BCUT2D eigenvalue weighted by Gasteiger charge is 2.19. The summed E-state index contributed by atoms with van der Waals surface area (Å²) in [6.07, 6.45) is 0. The van der Waals surface area contributed by atoms with Crippen LogP contribution in [0.25, 0.3) is 0 Å². The molecule has 1 aliphatic heterocycles. The number of hydrogen-bond donors (Lipinski definition) is 1. The van der Waals surface area contributed by atoms with Gasteiger partial charge in [0, 0.05) is 13.1 Å². The van der Waals surface area contributed by atoms with Crippen LogP contribution in [0.4, 0.5) is 0 Å². The highest BCUT2D eigenvalue weighted by atomic mass is 16.7. The van der Waals surface area contributed by atoms with E-state index in [1.54, 1.807) is 0 Å². The first-order valence-corrected chi connectivity index (χ1v) is 6.58. The number of fused-ring (bicyclic) bond motifs is 1. The normalized spacial score (nSPS) is 16.3. The summed E-state index contributed by atoms with van der Waals surface area (Å²) in [5.41, 5.74) is 9.92. The van der Waals surface area contributed by atoms with Gasteiger partial charge in [0.15, 0.2) is 0 Å². The van der Waals surface area contributed by atoms with Crippen molar-refractivity contribution < 1.29 is 4.84 Å². The van der Waals surface area contributed by atoms with Crippen molar-refractivity contribution in [3.8, 4) is 0 Å². The van der Waals surface area contributed by atoms with Crippen LogP contribution in [0.3, 0.4) is 0 Å². The van der Waals surface area contributed by atoms with E-state index in [0.29, 0.717) is 6.61 Å². The van der Waals surface area contributed by atoms with Gasteiger partial charge in [-0.25, -0.2) is 0 Å². The molecule has 0 bridgehead atoms. The van der Waals surface area contributed by atoms with Crippen molar-refractivity contribution in [3.63, 3.8) is 0 Å². The molecule has 0 radical (unpaired) electrons. The maximum absolute atomic E-state index is 6.13. The predicted octanol–water partition coefficient (Wildman–Crippen LogP) is 2.63. The van der Waals surface area contributed by atoms with Gasteiger partial charge in [-0.2, -0.15) is 5.06 Å². The predicted molar refractivity (Wildman–Crippen MR) is 75.0 cm³/mol. The van der Waals surface area contributed by atoms with E-state index in [4.69, 9.17) is 10.6 Å². The molecule has 1 atom stereocenters. The first-order valence-electron chi connectivity index (χ1n) is 6.58. The van der Waals surface area contributed by atoms with E-state index in [9.17, 15) is 0 Å². The second-order valence-electron chi connectivity index (χ2n) is 4.88. The average Bonchev–Trinajstić information content (AvgIpc) is 2.88. The van der Waals surface area contributed by atoms with Crippen molar-refractivity contribution in [2.45, 2.75) is 19.1 Å². The third-order valence-electron chi connectivity index (χ3n) is 3.48. The smallest absolute Gasteiger partial charge is 0.0878 e. The fourth-order valence-corrected chi connectivity index (χ4v) is 2.38. The topological polar surface area (TPSA) is 38.5 Å². The van der Waals surface area contributed by atoms with Crippen LogP contribution < -0.4 is 5.73 Å². The zero-order valence-electron chi connectivity index (χ0n) is 10.8. The summed E-state index contributed by atoms with van der Waals surface area (Å²) >= 11 is 0. The molecule has 0 saturated heterocycles. The summed E-state index contributed by atoms with van der Waals surface area (Å²) in [6.45, 7) is 2.20. The van der Waals surface area contributed by atoms with Crippen LogP contribution in [0.1, 0.15) is 22.7 Å². The molecule has 0 aromatic heterocycles. The molecule has 2 aromatic rings. The summed E-state index contributed by atoms with van der Waals surface area (Å²) in [5, 5.41) is 1.98. The molecule has 2 N–H and O–H groups in total. The van der Waals surface area contributed by atoms with Crippen LogP contribution in [0.2, 0.25) is 0 Å². The number of nitrogens with zero attached hydrogens (tertiary/aromatic N) is 1. The lowest BCUT2D eigenvalue weighted by atomic mass is 10.1. The fraction of sp³-hybridized carbons (Fsp3) is 0.250. The van der Waals surface area contributed by atoms with Gasteiger partial charge >= 0.3 is 0 Å². The van der Waals surface area contributed by atoms with Gasteiger partial charge in [-0.3, -0.25) is 4.84 Å². The van der Waals surface area contributed by atoms with Crippen molar-refractivity contribution in [1.29, 1.82) is 0 Å². The van der Waals surface area contributed by atoms with Crippen molar-refractivity contribution in [1.82, 2.24) is 5.06 Å². The minimum absolute atomic E-state index is 0.0788. The molecule has 0 aliphatic carbocycles. The van der Waals surface area contributed by atoms with Gasteiger partial charge in [0.1, 0.15) is 0 Å². The van der Waals surface area contributed by atoms with Crippen LogP contribution in [-0.2, 0) is 17.9 Å². The van der Waals surface area contributed by atoms with E-state index in [0.717, 1.165) is 18.7 Å². The molecular formula is C16H18N2O. The Morgan fingerprint density at radius 2 is 1.53 bits per heavy atom. The third kappa shape index (κ3) is 2.84. The van der Waals surface area contributed by atoms with Crippen LogP contribution in [-0.4, -0.2) is 11.7 Å². The number of hydrogen-bond acceptors (Lipinski definition) is 3. The van der Waals surface area contributed by atoms with Crippen LogP contribution >= 0.6 is 0 Å². The Morgan fingerprint density at radius 1 is 0.947 bits per heavy atom. The van der Waals surface area contributed by atoms with E-state index in [-0.39, 0.29) is 6.04 Å². The molecule has 1 heterocycles. The van der Waals surface area contributed by atoms with Crippen molar-refractivity contribution in [2.75, 3.05) is 6.61 Å². The standard InChI is InChI=1S/C16H18N2O/c17-16(13-6-2-1-3-7-13)12-19-18-10-14-8-4-5-9-15(14)11-18/h1-9,16H,10-12,17H2. The van der Waals surface area contributed by atoms with Crippen molar-refractivity contribution in [2.24, 2.45) is 5.73 Å². The summed E-state index contributed by atoms with van der Waals surface area (Å²) < 4.78 is 0. The van der Waals surface area contributed by atoms with E-state index >= 15 is 0 Å². The summed E-state index contributed by atoms with van der Waals surface area (Å²) in [7, 11) is 0. The van der Waals surface area contributed by atoms with Gasteiger partial charge in [-0.05, 0) is 16.7 Å². The van der Waals surface area contributed by atoms with E-state index in [2.05, 4.69) is 24.3 Å². The Morgan fingerprint density at radius 3 is 2.16 bits per heavy atom. The molecule has 0 amide bonds. The lowest BCUT2D eigenvalue weighted by molar-refractivity contribution is -0.169. The lowest BCUT2D eigenvalue weighted by Crippen LogP contribution is -2.24. The molecule has 0 spiro atoms. The Labute approximate surface area is 113 Å². The van der Waals surface area contributed by atoms with Gasteiger partial charge < -0.3 is 5.73 Å². The molecule has 98 valence electrons. The molecule has 1 unspecified atom stereocenters. The number of rotatable bonds is 4. The summed E-state index contributed by atoms with van der Waals surface area (Å²) in [6, 6.07) is 18.4. The maximum Gasteiger partial charge on any atom is 0.0878 e. The van der Waals surface area contributed by atoms with E-state index < -0.39 is 0 Å². The molecule has 19 heavy (non-hydrogen) atoms. The zero-order chi connectivity index (χ0) is 13.1. The molecule has 0 saturated carbocycles. The van der Waals surface area contributed by atoms with E-state index in [1.165, 1.54) is 11.1 Å². The Kier molecular flexibility index (Phi) is 3.60. The molecule has 2 aromatic carbocycles. The minimum atomic E-state index is -0.0788. The van der Waals surface area contributed by atoms with Gasteiger partial charge in [0.25, 0.3) is 0 Å². The number of benzene rings is 2. The second kappa shape index (κ2) is 5.53. The first kappa shape index (κ1) is 12.4. The fourth-order valence-electron chi connectivity index (χ4n) is 2.38. The SMILES string of the molecule is NC(CON1Cc2ccccc2C1)c1ccccc1. The summed E-state index contributed by atoms with van der Waals surface area (Å²) in [5.74, 6) is 0. The number of nitrogens with two attached hydrogens (primary N) is 1. The third-order valence-corrected chi connectivity index (χ3v) is 3.48. The Balaban J connectivity index is 1.55. The molecule has 3 nitrogen and oxygen atoms in total. The Hall–Kier alpha value is -1.68. The second-order valence-corrected chi connectivity index (χ2v) is 4.88. The van der Waals surface area contributed by atoms with Gasteiger partial charge in [0.2, 0.25) is 0 Å². The minimum Gasteiger partial charge on any atom is -0.322 e. The van der Waals surface area contributed by atoms with Gasteiger partial charge in [0.05, 0.1) is 12.6 Å². The molecule has 0 fully saturated rings. The highest BCUT2D eigenvalue weighted by Crippen LogP contribution is 2.23. The zero-order valence-corrected chi connectivity index (χ0v) is 10.8. The quantitative estimate of drug-likeness (QED) is 0.911. The van der Waals surface area contributed by atoms with Gasteiger partial charge in [-0.15, -0.1) is 0 Å². The van der Waals surface area contributed by atoms with Crippen LogP contribution in [0.15, 0.2) is 54.6 Å². The largest absolute Gasteiger partial charge is 0.322 e. The van der Waals surface area contributed by atoms with Crippen molar-refractivity contribution in [3.05, 3.63) is 71.3 Å². The average molecular weight is 254 g/mol. The molecule has 1 aliphatic rings. The maximum atomic E-state index is 6.13. The molecular weight excluding hydrogens is 236 g/mol.